The monoisotopic (exact) mass is 373 g/mol. The third-order valence-corrected chi connectivity index (χ3v) is 5.96. The van der Waals surface area contributed by atoms with E-state index in [1.807, 2.05) is 25.1 Å². The third kappa shape index (κ3) is 2.33. The van der Waals surface area contributed by atoms with Crippen LogP contribution >= 0.6 is 51.7 Å². The van der Waals surface area contributed by atoms with E-state index in [4.69, 9.17) is 17.0 Å². The molecule has 0 saturated carbocycles. The second-order valence-corrected chi connectivity index (χ2v) is 7.46. The van der Waals surface area contributed by atoms with Crippen LogP contribution in [0.1, 0.15) is 6.92 Å². The summed E-state index contributed by atoms with van der Waals surface area (Å²) in [5.41, 5.74) is 0. The number of likely N-dealkylation sites (N-methyl/N-ethyl adjacent to an activating group) is 1. The van der Waals surface area contributed by atoms with E-state index in [0.29, 0.717) is 12.3 Å². The summed E-state index contributed by atoms with van der Waals surface area (Å²) in [7, 11) is 0. The van der Waals surface area contributed by atoms with Gasteiger partial charge >= 0.3 is 0 Å². The summed E-state index contributed by atoms with van der Waals surface area (Å²) in [6.45, 7) is 2.41. The predicted octanol–water partition coefficient (Wildman–Crippen LogP) is 3.98. The second-order valence-electron chi connectivity index (χ2n) is 3.83. The highest BCUT2D eigenvalue weighted by molar-refractivity contribution is 9.10. The number of thioether (sulfide) groups is 2. The summed E-state index contributed by atoms with van der Waals surface area (Å²) in [6, 6.07) is 6.05. The van der Waals surface area contributed by atoms with Crippen LogP contribution in [0.15, 0.2) is 42.5 Å². The Bertz CT molecular complexity index is 629. The molecule has 98 valence electrons. The number of carbonyl (C=O) groups is 1. The Morgan fingerprint density at radius 1 is 1.37 bits per heavy atom. The first-order chi connectivity index (χ1) is 9.10. The Balaban J connectivity index is 1.96. The molecule has 2 heterocycles. The fourth-order valence-corrected chi connectivity index (χ4v) is 5.01. The van der Waals surface area contributed by atoms with E-state index < -0.39 is 0 Å². The van der Waals surface area contributed by atoms with Crippen molar-refractivity contribution in [2.24, 2.45) is 0 Å². The third-order valence-electron chi connectivity index (χ3n) is 2.66. The molecule has 2 aliphatic heterocycles. The lowest BCUT2D eigenvalue weighted by Crippen LogP contribution is -2.27. The van der Waals surface area contributed by atoms with Gasteiger partial charge in [-0.05, 0) is 37.3 Å². The maximum atomic E-state index is 12.2. The highest BCUT2D eigenvalue weighted by atomic mass is 79.9. The summed E-state index contributed by atoms with van der Waals surface area (Å²) in [5, 5.41) is 0.244. The van der Waals surface area contributed by atoms with Crippen molar-refractivity contribution in [1.82, 2.24) is 4.90 Å². The van der Waals surface area contributed by atoms with Crippen molar-refractivity contribution in [1.29, 1.82) is 0 Å². The number of fused-ring (bicyclic) bond motifs is 1. The first kappa shape index (κ1) is 13.5. The van der Waals surface area contributed by atoms with E-state index in [9.17, 15) is 4.79 Å². The number of carbonyl (C=O) groups excluding carboxylic acids is 1. The molecule has 0 N–H and O–H groups in total. The van der Waals surface area contributed by atoms with Crippen LogP contribution in [0.25, 0.3) is 0 Å². The molecule has 3 rings (SSSR count). The van der Waals surface area contributed by atoms with E-state index in [0.717, 1.165) is 18.5 Å². The van der Waals surface area contributed by atoms with Gasteiger partial charge in [0.1, 0.15) is 0 Å². The highest BCUT2D eigenvalue weighted by Gasteiger charge is 2.37. The number of hydrogen-bond donors (Lipinski definition) is 0. The molecule has 1 aromatic rings. The largest absolute Gasteiger partial charge is 0.424 e. The molecule has 1 amide bonds. The second kappa shape index (κ2) is 5.12. The number of amides is 1. The molecule has 3 nitrogen and oxygen atoms in total. The van der Waals surface area contributed by atoms with Crippen molar-refractivity contribution in [2.75, 3.05) is 6.54 Å². The van der Waals surface area contributed by atoms with Crippen LogP contribution in [-0.4, -0.2) is 22.5 Å². The van der Waals surface area contributed by atoms with Crippen LogP contribution in [0, 0.1) is 0 Å². The molecule has 1 fully saturated rings. The molecule has 2 aliphatic rings. The fourth-order valence-electron chi connectivity index (χ4n) is 1.75. The number of rotatable bonds is 1. The minimum atomic E-state index is -0.144. The molecule has 0 bridgehead atoms. The molecule has 0 atom stereocenters. The molecule has 1 saturated heterocycles. The fraction of sp³-hybridized carbons (Fsp3) is 0.167. The topological polar surface area (TPSA) is 29.5 Å². The number of ether oxygens (including phenoxy) is 1. The maximum Gasteiger partial charge on any atom is 0.298 e. The zero-order chi connectivity index (χ0) is 13.6. The van der Waals surface area contributed by atoms with Crippen LogP contribution in [0.5, 0.6) is 0 Å². The van der Waals surface area contributed by atoms with Gasteiger partial charge in [0.05, 0.1) is 4.24 Å². The summed E-state index contributed by atoms with van der Waals surface area (Å²) < 4.78 is 7.34. The van der Waals surface area contributed by atoms with Gasteiger partial charge in [-0.2, -0.15) is 0 Å². The maximum absolute atomic E-state index is 12.2. The van der Waals surface area contributed by atoms with Crippen molar-refractivity contribution < 1.29 is 9.53 Å². The van der Waals surface area contributed by atoms with E-state index >= 15 is 0 Å². The van der Waals surface area contributed by atoms with Gasteiger partial charge in [0.25, 0.3) is 11.1 Å². The molecule has 1 aromatic carbocycles. The summed E-state index contributed by atoms with van der Waals surface area (Å²) >= 11 is 11.6. The standard InChI is InChI=1S/C12H8BrNO2S3/c1-2-14-10(15)9(16-12(14)17)11-18-7-4-3-6(13)5-8(7)19-11/h3-5H,2H2,1H3/b11-9+. The van der Waals surface area contributed by atoms with Gasteiger partial charge < -0.3 is 4.74 Å². The van der Waals surface area contributed by atoms with Gasteiger partial charge in [-0.15, -0.1) is 0 Å². The Labute approximate surface area is 132 Å². The number of benzene rings is 1. The Kier molecular flexibility index (Phi) is 3.63. The molecule has 0 unspecified atom stereocenters. The van der Waals surface area contributed by atoms with E-state index in [1.165, 1.54) is 4.90 Å². The summed E-state index contributed by atoms with van der Waals surface area (Å²) in [4.78, 5) is 15.9. The molecule has 0 radical (unpaired) electrons. The molecule has 0 aliphatic carbocycles. The Morgan fingerprint density at radius 2 is 2.11 bits per heavy atom. The van der Waals surface area contributed by atoms with E-state index in [1.54, 1.807) is 23.5 Å². The SMILES string of the molecule is CCN1C(=O)/C(=C2/Sc3ccc(Br)cc3S2)OC1=S. The van der Waals surface area contributed by atoms with Gasteiger partial charge in [0, 0.05) is 20.8 Å². The van der Waals surface area contributed by atoms with E-state index in [-0.39, 0.29) is 11.1 Å². The zero-order valence-electron chi connectivity index (χ0n) is 9.81. The minimum absolute atomic E-state index is 0.144. The average molecular weight is 374 g/mol. The predicted molar refractivity (Wildman–Crippen MR) is 84.0 cm³/mol. The van der Waals surface area contributed by atoms with Crippen LogP contribution in [0.4, 0.5) is 0 Å². The lowest BCUT2D eigenvalue weighted by atomic mass is 10.4. The summed E-state index contributed by atoms with van der Waals surface area (Å²) in [5.74, 6) is 0.212. The Hall–Kier alpha value is -0.500. The Morgan fingerprint density at radius 3 is 2.79 bits per heavy atom. The minimum Gasteiger partial charge on any atom is -0.424 e. The number of hydrogen-bond acceptors (Lipinski definition) is 5. The lowest BCUT2D eigenvalue weighted by Gasteiger charge is -2.06. The van der Waals surface area contributed by atoms with Crippen LogP contribution in [0.2, 0.25) is 0 Å². The first-order valence-corrected chi connectivity index (χ1v) is 8.36. The molecular formula is C12H8BrNO2S3. The molecule has 19 heavy (non-hydrogen) atoms. The van der Waals surface area contributed by atoms with E-state index in [2.05, 4.69) is 15.9 Å². The number of thiocarbonyl (C=S) groups is 1. The zero-order valence-corrected chi connectivity index (χ0v) is 13.8. The quantitative estimate of drug-likeness (QED) is 0.548. The molecule has 0 spiro atoms. The van der Waals surface area contributed by atoms with Crippen molar-refractivity contribution in [3.63, 3.8) is 0 Å². The van der Waals surface area contributed by atoms with Crippen molar-refractivity contribution >= 4 is 62.8 Å². The van der Waals surface area contributed by atoms with Crippen LogP contribution in [0.3, 0.4) is 0 Å². The van der Waals surface area contributed by atoms with Gasteiger partial charge in [0.2, 0.25) is 5.76 Å². The molecular weight excluding hydrogens is 366 g/mol. The first-order valence-electron chi connectivity index (χ1n) is 5.53. The normalized spacial score (nSPS) is 21.9. The molecule has 7 heteroatoms. The van der Waals surface area contributed by atoms with Crippen LogP contribution < -0.4 is 0 Å². The average Bonchev–Trinajstić information content (AvgIpc) is 2.90. The summed E-state index contributed by atoms with van der Waals surface area (Å²) in [6.07, 6.45) is 0. The van der Waals surface area contributed by atoms with Crippen molar-refractivity contribution in [2.45, 2.75) is 16.7 Å². The van der Waals surface area contributed by atoms with Gasteiger partial charge in [-0.3, -0.25) is 9.69 Å². The van der Waals surface area contributed by atoms with Crippen LogP contribution in [-0.2, 0) is 9.53 Å². The number of halogens is 1. The highest BCUT2D eigenvalue weighted by Crippen LogP contribution is 2.53. The van der Waals surface area contributed by atoms with Crippen molar-refractivity contribution in [3.8, 4) is 0 Å². The van der Waals surface area contributed by atoms with Gasteiger partial charge in [-0.25, -0.2) is 0 Å². The smallest absolute Gasteiger partial charge is 0.298 e. The van der Waals surface area contributed by atoms with Gasteiger partial charge in [-0.1, -0.05) is 39.5 Å². The van der Waals surface area contributed by atoms with Crippen molar-refractivity contribution in [3.05, 3.63) is 32.7 Å². The van der Waals surface area contributed by atoms with Gasteiger partial charge in [0.15, 0.2) is 0 Å². The number of nitrogens with zero attached hydrogens (tertiary/aromatic N) is 1. The molecule has 0 aromatic heterocycles. The lowest BCUT2D eigenvalue weighted by molar-refractivity contribution is -0.122.